The monoisotopic (exact) mass is 225 g/mol. The van der Waals surface area contributed by atoms with Crippen LogP contribution >= 0.6 is 0 Å². The van der Waals surface area contributed by atoms with Crippen LogP contribution < -0.4 is 5.32 Å². The summed E-state index contributed by atoms with van der Waals surface area (Å²) in [5.41, 5.74) is 0.974. The van der Waals surface area contributed by atoms with Crippen LogP contribution in [0.5, 0.6) is 0 Å². The second-order valence-corrected chi connectivity index (χ2v) is 3.98. The van der Waals surface area contributed by atoms with E-state index in [0.29, 0.717) is 16.2 Å². The van der Waals surface area contributed by atoms with Crippen LogP contribution in [-0.4, -0.2) is 14.7 Å². The van der Waals surface area contributed by atoms with Gasteiger partial charge in [0.15, 0.2) is 11.1 Å². The molecule has 0 heterocycles. The highest BCUT2D eigenvalue weighted by Gasteiger charge is 2.03. The summed E-state index contributed by atoms with van der Waals surface area (Å²) in [6.45, 7) is 5.10. The van der Waals surface area contributed by atoms with E-state index in [0.717, 1.165) is 0 Å². The molecule has 0 aromatic heterocycles. The van der Waals surface area contributed by atoms with Crippen LogP contribution in [0.15, 0.2) is 41.3 Å². The second-order valence-electron chi connectivity index (χ2n) is 3.01. The molecule has 1 unspecified atom stereocenters. The highest BCUT2D eigenvalue weighted by atomic mass is 32.2. The summed E-state index contributed by atoms with van der Waals surface area (Å²) >= 11 is -1.99. The van der Waals surface area contributed by atoms with Gasteiger partial charge in [-0.25, -0.2) is 4.21 Å². The Morgan fingerprint density at radius 3 is 2.33 bits per heavy atom. The maximum atomic E-state index is 11.2. The Hall–Kier alpha value is -1.46. The molecule has 0 aliphatic rings. The molecule has 1 amide bonds. The fourth-order valence-corrected chi connectivity index (χ4v) is 1.26. The number of nitrogens with one attached hydrogen (secondary N) is 1. The molecule has 5 heteroatoms. The Kier molecular flexibility index (Phi) is 3.76. The first-order chi connectivity index (χ1) is 7.00. The summed E-state index contributed by atoms with van der Waals surface area (Å²) in [5, 5.41) is 2.59. The van der Waals surface area contributed by atoms with Crippen LogP contribution in [0.2, 0.25) is 0 Å². The number of carbonyl (C=O) groups is 1. The Morgan fingerprint density at radius 1 is 1.40 bits per heavy atom. The van der Waals surface area contributed by atoms with Crippen LogP contribution in [-0.2, 0) is 15.9 Å². The fourth-order valence-electron chi connectivity index (χ4n) is 0.892. The molecular weight excluding hydrogens is 214 g/mol. The van der Waals surface area contributed by atoms with Crippen LogP contribution in [0.1, 0.15) is 6.92 Å². The summed E-state index contributed by atoms with van der Waals surface area (Å²) in [6.07, 6.45) is 0. The Labute approximate surface area is 90.3 Å². The minimum Gasteiger partial charge on any atom is -0.322 e. The van der Waals surface area contributed by atoms with Crippen molar-refractivity contribution in [3.8, 4) is 0 Å². The van der Waals surface area contributed by atoms with Crippen molar-refractivity contribution in [2.24, 2.45) is 0 Å². The summed E-state index contributed by atoms with van der Waals surface area (Å²) in [7, 11) is 0. The van der Waals surface area contributed by atoms with Crippen molar-refractivity contribution in [1.29, 1.82) is 0 Å². The predicted octanol–water partition coefficient (Wildman–Crippen LogP) is 1.78. The summed E-state index contributed by atoms with van der Waals surface area (Å²) < 4.78 is 19.4. The molecule has 0 saturated heterocycles. The van der Waals surface area contributed by atoms with E-state index in [-0.39, 0.29) is 5.91 Å². The third-order valence-corrected chi connectivity index (χ3v) is 2.38. The van der Waals surface area contributed by atoms with Crippen LogP contribution in [0.25, 0.3) is 0 Å². The lowest BCUT2D eigenvalue weighted by molar-refractivity contribution is -0.112. The smallest absolute Gasteiger partial charge is 0.250 e. The Bertz CT molecular complexity index is 411. The number of anilines is 1. The highest BCUT2D eigenvalue weighted by molar-refractivity contribution is 7.79. The van der Waals surface area contributed by atoms with Crippen molar-refractivity contribution in [3.63, 3.8) is 0 Å². The minimum atomic E-state index is -1.99. The Balaban J connectivity index is 2.77. The number of amides is 1. The van der Waals surface area contributed by atoms with Gasteiger partial charge in [-0.15, -0.1) is 0 Å². The van der Waals surface area contributed by atoms with E-state index in [1.54, 1.807) is 19.1 Å². The fraction of sp³-hybridized carbons (Fsp3) is 0.100. The van der Waals surface area contributed by atoms with Gasteiger partial charge >= 0.3 is 0 Å². The van der Waals surface area contributed by atoms with E-state index in [4.69, 9.17) is 4.55 Å². The predicted molar refractivity (Wildman–Crippen MR) is 58.9 cm³/mol. The molecule has 1 aromatic carbocycles. The molecule has 0 saturated carbocycles. The van der Waals surface area contributed by atoms with Crippen molar-refractivity contribution in [2.75, 3.05) is 5.32 Å². The van der Waals surface area contributed by atoms with Gasteiger partial charge in [0, 0.05) is 11.3 Å². The van der Waals surface area contributed by atoms with Gasteiger partial charge in [-0.1, -0.05) is 6.58 Å². The minimum absolute atomic E-state index is 0.270. The zero-order valence-corrected chi connectivity index (χ0v) is 9.00. The van der Waals surface area contributed by atoms with E-state index in [1.165, 1.54) is 12.1 Å². The first-order valence-electron chi connectivity index (χ1n) is 4.18. The molecule has 4 nitrogen and oxygen atoms in total. The van der Waals surface area contributed by atoms with E-state index in [1.807, 2.05) is 0 Å². The van der Waals surface area contributed by atoms with Crippen molar-refractivity contribution < 1.29 is 13.6 Å². The van der Waals surface area contributed by atoms with E-state index < -0.39 is 11.1 Å². The molecule has 0 aliphatic carbocycles. The van der Waals surface area contributed by atoms with Crippen molar-refractivity contribution >= 4 is 22.7 Å². The van der Waals surface area contributed by atoms with E-state index in [2.05, 4.69) is 11.9 Å². The van der Waals surface area contributed by atoms with Gasteiger partial charge < -0.3 is 9.87 Å². The lowest BCUT2D eigenvalue weighted by Crippen LogP contribution is -2.11. The number of rotatable bonds is 3. The topological polar surface area (TPSA) is 66.4 Å². The zero-order chi connectivity index (χ0) is 11.4. The highest BCUT2D eigenvalue weighted by Crippen LogP contribution is 2.12. The standard InChI is InChI=1S/C10H11NO3S/c1-7(2)10(12)11-8-3-5-9(6-4-8)15(13)14/h3-6H,1H2,2H3,(H,11,12)(H,13,14). The maximum absolute atomic E-state index is 11.2. The second kappa shape index (κ2) is 4.86. The molecule has 2 N–H and O–H groups in total. The third kappa shape index (κ3) is 3.30. The maximum Gasteiger partial charge on any atom is 0.250 e. The van der Waals surface area contributed by atoms with Gasteiger partial charge in [0.1, 0.15) is 0 Å². The van der Waals surface area contributed by atoms with Gasteiger partial charge in [-0.2, -0.15) is 0 Å². The largest absolute Gasteiger partial charge is 0.322 e. The van der Waals surface area contributed by atoms with Gasteiger partial charge in [0.05, 0.1) is 4.90 Å². The van der Waals surface area contributed by atoms with Gasteiger partial charge in [-0.3, -0.25) is 4.79 Å². The SMILES string of the molecule is C=C(C)C(=O)Nc1ccc(S(=O)O)cc1. The molecule has 80 valence electrons. The van der Waals surface area contributed by atoms with Gasteiger partial charge in [0.2, 0.25) is 0 Å². The van der Waals surface area contributed by atoms with Crippen molar-refractivity contribution in [1.82, 2.24) is 0 Å². The van der Waals surface area contributed by atoms with Crippen LogP contribution in [0.4, 0.5) is 5.69 Å². The van der Waals surface area contributed by atoms with Crippen LogP contribution in [0, 0.1) is 0 Å². The molecule has 15 heavy (non-hydrogen) atoms. The zero-order valence-electron chi connectivity index (χ0n) is 8.19. The molecule has 0 aliphatic heterocycles. The van der Waals surface area contributed by atoms with E-state index >= 15 is 0 Å². The lowest BCUT2D eigenvalue weighted by atomic mass is 10.3. The molecule has 0 bridgehead atoms. The molecular formula is C10H11NO3S. The normalized spacial score (nSPS) is 11.9. The molecule has 0 radical (unpaired) electrons. The lowest BCUT2D eigenvalue weighted by Gasteiger charge is -2.04. The molecule has 1 rings (SSSR count). The summed E-state index contributed by atoms with van der Waals surface area (Å²) in [5.74, 6) is -0.270. The summed E-state index contributed by atoms with van der Waals surface area (Å²) in [6, 6.07) is 6.07. The first-order valence-corrected chi connectivity index (χ1v) is 5.29. The average Bonchev–Trinajstić information content (AvgIpc) is 2.18. The van der Waals surface area contributed by atoms with Gasteiger partial charge in [-0.05, 0) is 31.2 Å². The molecule has 1 atom stereocenters. The number of hydrogen-bond donors (Lipinski definition) is 2. The Morgan fingerprint density at radius 2 is 1.93 bits per heavy atom. The van der Waals surface area contributed by atoms with Gasteiger partial charge in [0.25, 0.3) is 5.91 Å². The first kappa shape index (κ1) is 11.6. The third-order valence-electron chi connectivity index (χ3n) is 1.70. The average molecular weight is 225 g/mol. The number of benzene rings is 1. The molecule has 1 aromatic rings. The molecule has 0 spiro atoms. The van der Waals surface area contributed by atoms with Crippen LogP contribution in [0.3, 0.4) is 0 Å². The quantitative estimate of drug-likeness (QED) is 0.608. The summed E-state index contributed by atoms with van der Waals surface area (Å²) in [4.78, 5) is 11.5. The van der Waals surface area contributed by atoms with Crippen molar-refractivity contribution in [3.05, 3.63) is 36.4 Å². The number of carbonyl (C=O) groups excluding carboxylic acids is 1. The number of hydrogen-bond acceptors (Lipinski definition) is 2. The van der Waals surface area contributed by atoms with E-state index in [9.17, 15) is 9.00 Å². The van der Waals surface area contributed by atoms with Crippen molar-refractivity contribution in [2.45, 2.75) is 11.8 Å². The molecule has 0 fully saturated rings.